The van der Waals surface area contributed by atoms with E-state index in [4.69, 9.17) is 0 Å². The van der Waals surface area contributed by atoms with Crippen LogP contribution in [0.15, 0.2) is 42.5 Å². The fourth-order valence-electron chi connectivity index (χ4n) is 1.51. The Labute approximate surface area is 104 Å². The molecule has 0 fully saturated rings. The number of amides is 1. The van der Waals surface area contributed by atoms with Gasteiger partial charge in [0.1, 0.15) is 11.6 Å². The smallest absolute Gasteiger partial charge is 0.255 e. The van der Waals surface area contributed by atoms with Gasteiger partial charge >= 0.3 is 0 Å². The summed E-state index contributed by atoms with van der Waals surface area (Å²) in [5.41, 5.74) is 1.07. The summed E-state index contributed by atoms with van der Waals surface area (Å²) in [6, 6.07) is 10.5. The molecule has 0 saturated carbocycles. The van der Waals surface area contributed by atoms with Crippen molar-refractivity contribution in [1.29, 1.82) is 0 Å². The Balaban J connectivity index is 2.22. The number of para-hydroxylation sites is 1. The molecule has 1 amide bonds. The van der Waals surface area contributed by atoms with Crippen LogP contribution in [-0.4, -0.2) is 11.0 Å². The van der Waals surface area contributed by atoms with Gasteiger partial charge in [-0.1, -0.05) is 18.2 Å². The molecule has 2 rings (SSSR count). The largest absolute Gasteiger partial charge is 0.508 e. The van der Waals surface area contributed by atoms with Gasteiger partial charge in [0.2, 0.25) is 0 Å². The number of hydrogen-bond donors (Lipinski definition) is 2. The van der Waals surface area contributed by atoms with E-state index in [-0.39, 0.29) is 17.0 Å². The molecule has 0 bridgehead atoms. The second kappa shape index (κ2) is 4.87. The summed E-state index contributed by atoms with van der Waals surface area (Å²) in [5.74, 6) is -0.922. The Bertz CT molecular complexity index is 596. The molecule has 18 heavy (non-hydrogen) atoms. The van der Waals surface area contributed by atoms with Crippen LogP contribution in [0, 0.1) is 12.7 Å². The van der Waals surface area contributed by atoms with E-state index in [2.05, 4.69) is 5.32 Å². The first-order valence-electron chi connectivity index (χ1n) is 5.43. The summed E-state index contributed by atoms with van der Waals surface area (Å²) in [4.78, 5) is 11.8. The maximum atomic E-state index is 13.3. The lowest BCUT2D eigenvalue weighted by molar-refractivity contribution is 0.102. The number of carbonyl (C=O) groups excluding carboxylic acids is 1. The summed E-state index contributed by atoms with van der Waals surface area (Å²) in [6.07, 6.45) is 0. The van der Waals surface area contributed by atoms with Gasteiger partial charge in [0.15, 0.2) is 0 Å². The molecule has 0 radical (unpaired) electrons. The molecule has 2 aromatic rings. The molecule has 0 aliphatic rings. The maximum absolute atomic E-state index is 13.3. The third kappa shape index (κ3) is 2.48. The molecule has 0 saturated heterocycles. The number of anilines is 1. The van der Waals surface area contributed by atoms with Crippen LogP contribution in [0.2, 0.25) is 0 Å². The van der Waals surface area contributed by atoms with Crippen molar-refractivity contribution in [1.82, 2.24) is 0 Å². The topological polar surface area (TPSA) is 49.3 Å². The Kier molecular flexibility index (Phi) is 3.28. The van der Waals surface area contributed by atoms with E-state index < -0.39 is 11.7 Å². The zero-order chi connectivity index (χ0) is 13.1. The summed E-state index contributed by atoms with van der Waals surface area (Å²) in [6.45, 7) is 1.73. The first kappa shape index (κ1) is 12.1. The number of phenols is 1. The number of benzene rings is 2. The van der Waals surface area contributed by atoms with Crippen molar-refractivity contribution < 1.29 is 14.3 Å². The van der Waals surface area contributed by atoms with E-state index >= 15 is 0 Å². The number of aryl methyl sites for hydroxylation is 1. The van der Waals surface area contributed by atoms with Crippen LogP contribution in [0.25, 0.3) is 0 Å². The normalized spacial score (nSPS) is 10.1. The van der Waals surface area contributed by atoms with Gasteiger partial charge in [-0.25, -0.2) is 4.39 Å². The van der Waals surface area contributed by atoms with E-state index in [1.54, 1.807) is 31.2 Å². The minimum Gasteiger partial charge on any atom is -0.508 e. The maximum Gasteiger partial charge on any atom is 0.255 e. The molecule has 0 atom stereocenters. The Hall–Kier alpha value is -2.36. The first-order chi connectivity index (χ1) is 8.58. The molecular weight excluding hydrogens is 233 g/mol. The fourth-order valence-corrected chi connectivity index (χ4v) is 1.51. The molecule has 0 aliphatic heterocycles. The van der Waals surface area contributed by atoms with Gasteiger partial charge in [-0.3, -0.25) is 4.79 Å². The van der Waals surface area contributed by atoms with Crippen LogP contribution in [0.4, 0.5) is 10.1 Å². The van der Waals surface area contributed by atoms with Gasteiger partial charge < -0.3 is 10.4 Å². The number of rotatable bonds is 2. The minimum atomic E-state index is -0.498. The van der Waals surface area contributed by atoms with Gasteiger partial charge in [0.05, 0.1) is 5.69 Å². The number of carbonyl (C=O) groups is 1. The van der Waals surface area contributed by atoms with Gasteiger partial charge in [-0.15, -0.1) is 0 Å². The molecule has 2 aromatic carbocycles. The second-order valence-corrected chi connectivity index (χ2v) is 3.94. The number of aromatic hydroxyl groups is 1. The Morgan fingerprint density at radius 2 is 1.94 bits per heavy atom. The highest BCUT2D eigenvalue weighted by molar-refractivity contribution is 6.04. The fraction of sp³-hybridized carbons (Fsp3) is 0.0714. The highest BCUT2D eigenvalue weighted by Crippen LogP contribution is 2.19. The summed E-state index contributed by atoms with van der Waals surface area (Å²) < 4.78 is 13.3. The number of phenolic OH excluding ortho intramolecular Hbond substituents is 1. The lowest BCUT2D eigenvalue weighted by Gasteiger charge is -2.07. The van der Waals surface area contributed by atoms with E-state index in [9.17, 15) is 14.3 Å². The molecule has 4 heteroatoms. The van der Waals surface area contributed by atoms with Crippen LogP contribution in [-0.2, 0) is 0 Å². The van der Waals surface area contributed by atoms with E-state index in [1.165, 1.54) is 18.2 Å². The van der Waals surface area contributed by atoms with Gasteiger partial charge in [0.25, 0.3) is 5.91 Å². The Morgan fingerprint density at radius 3 is 2.61 bits per heavy atom. The number of hydrogen-bond acceptors (Lipinski definition) is 2. The predicted octanol–water partition coefficient (Wildman–Crippen LogP) is 3.09. The molecule has 0 spiro atoms. The SMILES string of the molecule is Cc1ccc(C(=O)Nc2ccccc2F)cc1O. The van der Waals surface area contributed by atoms with Crippen molar-refractivity contribution in [2.24, 2.45) is 0 Å². The lowest BCUT2D eigenvalue weighted by atomic mass is 10.1. The van der Waals surface area contributed by atoms with Crippen molar-refractivity contribution in [3.05, 3.63) is 59.4 Å². The van der Waals surface area contributed by atoms with Gasteiger partial charge in [-0.2, -0.15) is 0 Å². The number of halogens is 1. The summed E-state index contributed by atoms with van der Waals surface area (Å²) in [7, 11) is 0. The van der Waals surface area contributed by atoms with Crippen molar-refractivity contribution in [3.63, 3.8) is 0 Å². The van der Waals surface area contributed by atoms with Crippen LogP contribution < -0.4 is 5.32 Å². The third-order valence-electron chi connectivity index (χ3n) is 2.59. The summed E-state index contributed by atoms with van der Waals surface area (Å²) in [5, 5.41) is 12.0. The van der Waals surface area contributed by atoms with Gasteiger partial charge in [0, 0.05) is 5.56 Å². The highest BCUT2D eigenvalue weighted by atomic mass is 19.1. The number of nitrogens with one attached hydrogen (secondary N) is 1. The lowest BCUT2D eigenvalue weighted by Crippen LogP contribution is -2.12. The molecule has 0 unspecified atom stereocenters. The van der Waals surface area contributed by atoms with E-state index in [1.807, 2.05) is 0 Å². The molecule has 0 aliphatic carbocycles. The van der Waals surface area contributed by atoms with Crippen molar-refractivity contribution in [2.45, 2.75) is 6.92 Å². The van der Waals surface area contributed by atoms with Crippen LogP contribution in [0.5, 0.6) is 5.75 Å². The zero-order valence-electron chi connectivity index (χ0n) is 9.77. The third-order valence-corrected chi connectivity index (χ3v) is 2.59. The van der Waals surface area contributed by atoms with Crippen molar-refractivity contribution in [2.75, 3.05) is 5.32 Å². The van der Waals surface area contributed by atoms with Crippen molar-refractivity contribution in [3.8, 4) is 5.75 Å². The quantitative estimate of drug-likeness (QED) is 0.854. The monoisotopic (exact) mass is 245 g/mol. The van der Waals surface area contributed by atoms with E-state index in [0.29, 0.717) is 5.56 Å². The Morgan fingerprint density at radius 1 is 1.22 bits per heavy atom. The standard InChI is InChI=1S/C14H12FNO2/c1-9-6-7-10(8-13(9)17)14(18)16-12-5-3-2-4-11(12)15/h2-8,17H,1H3,(H,16,18). The first-order valence-corrected chi connectivity index (χ1v) is 5.43. The zero-order valence-corrected chi connectivity index (χ0v) is 9.77. The van der Waals surface area contributed by atoms with Gasteiger partial charge in [-0.05, 0) is 36.8 Å². The highest BCUT2D eigenvalue weighted by Gasteiger charge is 2.10. The van der Waals surface area contributed by atoms with Crippen LogP contribution in [0.3, 0.4) is 0 Å². The average Bonchev–Trinajstić information content (AvgIpc) is 2.35. The molecule has 0 heterocycles. The molecular formula is C14H12FNO2. The van der Waals surface area contributed by atoms with E-state index in [0.717, 1.165) is 0 Å². The average molecular weight is 245 g/mol. The van der Waals surface area contributed by atoms with Crippen molar-refractivity contribution >= 4 is 11.6 Å². The summed E-state index contributed by atoms with van der Waals surface area (Å²) >= 11 is 0. The predicted molar refractivity (Wildman–Crippen MR) is 67.2 cm³/mol. The second-order valence-electron chi connectivity index (χ2n) is 3.94. The minimum absolute atomic E-state index is 0.0381. The molecule has 2 N–H and O–H groups in total. The van der Waals surface area contributed by atoms with Crippen LogP contribution in [0.1, 0.15) is 15.9 Å². The van der Waals surface area contributed by atoms with Crippen LogP contribution >= 0.6 is 0 Å². The molecule has 3 nitrogen and oxygen atoms in total. The molecule has 0 aromatic heterocycles. The molecule has 92 valence electrons.